The molecule has 1 rings (SSSR count). The van der Waals surface area contributed by atoms with Crippen molar-refractivity contribution >= 4 is 5.91 Å². The molecular weight excluding hydrogens is 168 g/mol. The van der Waals surface area contributed by atoms with E-state index in [4.69, 9.17) is 4.74 Å². The quantitative estimate of drug-likeness (QED) is 0.630. The Kier molecular flexibility index (Phi) is 4.18. The first-order chi connectivity index (χ1) is 6.24. The number of carbonyl (C=O) groups is 1. The average molecular weight is 186 g/mol. The fraction of sp³-hybridized carbons (Fsp3) is 0.889. The zero-order chi connectivity index (χ0) is 9.68. The third kappa shape index (κ3) is 3.32. The van der Waals surface area contributed by atoms with E-state index in [9.17, 15) is 4.79 Å². The summed E-state index contributed by atoms with van der Waals surface area (Å²) in [6.07, 6.45) is 0.977. The van der Waals surface area contributed by atoms with Crippen LogP contribution in [-0.4, -0.2) is 37.7 Å². The molecule has 0 aromatic heterocycles. The predicted octanol–water partition coefficient (Wildman–Crippen LogP) is -0.110. The van der Waals surface area contributed by atoms with Crippen molar-refractivity contribution in [2.24, 2.45) is 0 Å². The summed E-state index contributed by atoms with van der Waals surface area (Å²) in [5.41, 5.74) is 0. The van der Waals surface area contributed by atoms with E-state index in [2.05, 4.69) is 10.6 Å². The van der Waals surface area contributed by atoms with Crippen molar-refractivity contribution in [2.75, 3.05) is 19.8 Å². The zero-order valence-electron chi connectivity index (χ0n) is 8.30. The maximum Gasteiger partial charge on any atom is 0.236 e. The van der Waals surface area contributed by atoms with E-state index >= 15 is 0 Å². The second-order valence-corrected chi connectivity index (χ2v) is 3.41. The number of hydrogen-bond acceptors (Lipinski definition) is 3. The van der Waals surface area contributed by atoms with E-state index in [1.165, 1.54) is 0 Å². The normalized spacial score (nSPS) is 19.2. The van der Waals surface area contributed by atoms with Gasteiger partial charge < -0.3 is 10.1 Å². The summed E-state index contributed by atoms with van der Waals surface area (Å²) in [5, 5.41) is 6.03. The van der Waals surface area contributed by atoms with Gasteiger partial charge in [-0.3, -0.25) is 10.1 Å². The second kappa shape index (κ2) is 5.19. The van der Waals surface area contributed by atoms with Gasteiger partial charge in [-0.15, -0.1) is 0 Å². The van der Waals surface area contributed by atoms with Crippen LogP contribution in [0.4, 0.5) is 0 Å². The van der Waals surface area contributed by atoms with Gasteiger partial charge in [0.25, 0.3) is 0 Å². The largest absolute Gasteiger partial charge is 0.378 e. The SMILES string of the molecule is CCCNC(=O)C(C)NC1COC1. The number of ether oxygens (including phenoxy) is 1. The van der Waals surface area contributed by atoms with Gasteiger partial charge in [0.15, 0.2) is 0 Å². The average Bonchev–Trinajstić information content (AvgIpc) is 2.06. The van der Waals surface area contributed by atoms with E-state index in [0.29, 0.717) is 6.04 Å². The summed E-state index contributed by atoms with van der Waals surface area (Å²) < 4.78 is 5.00. The molecule has 1 fully saturated rings. The fourth-order valence-electron chi connectivity index (χ4n) is 1.16. The monoisotopic (exact) mass is 186 g/mol. The Morgan fingerprint density at radius 2 is 2.31 bits per heavy atom. The summed E-state index contributed by atoms with van der Waals surface area (Å²) in [4.78, 5) is 11.4. The summed E-state index contributed by atoms with van der Waals surface area (Å²) in [5.74, 6) is 0.0775. The highest BCUT2D eigenvalue weighted by Crippen LogP contribution is 2.00. The molecule has 0 spiro atoms. The van der Waals surface area contributed by atoms with Crippen LogP contribution in [0.5, 0.6) is 0 Å². The van der Waals surface area contributed by atoms with Gasteiger partial charge in [0, 0.05) is 6.54 Å². The van der Waals surface area contributed by atoms with Gasteiger partial charge in [0.2, 0.25) is 5.91 Å². The molecular formula is C9H18N2O2. The molecule has 1 aliphatic rings. The molecule has 0 aromatic rings. The lowest BCUT2D eigenvalue weighted by Gasteiger charge is -2.29. The van der Waals surface area contributed by atoms with Crippen LogP contribution in [0, 0.1) is 0 Å². The molecule has 13 heavy (non-hydrogen) atoms. The van der Waals surface area contributed by atoms with Crippen LogP contribution >= 0.6 is 0 Å². The molecule has 2 N–H and O–H groups in total. The van der Waals surface area contributed by atoms with Gasteiger partial charge in [0.05, 0.1) is 25.3 Å². The molecule has 4 heteroatoms. The third-order valence-corrected chi connectivity index (χ3v) is 2.07. The van der Waals surface area contributed by atoms with Crippen molar-refractivity contribution in [1.29, 1.82) is 0 Å². The second-order valence-electron chi connectivity index (χ2n) is 3.41. The van der Waals surface area contributed by atoms with E-state index in [-0.39, 0.29) is 11.9 Å². The molecule has 0 saturated carbocycles. The smallest absolute Gasteiger partial charge is 0.236 e. The van der Waals surface area contributed by atoms with E-state index < -0.39 is 0 Å². The van der Waals surface area contributed by atoms with Crippen molar-refractivity contribution in [3.8, 4) is 0 Å². The van der Waals surface area contributed by atoms with Crippen LogP contribution in [0.15, 0.2) is 0 Å². The molecule has 1 aliphatic heterocycles. The third-order valence-electron chi connectivity index (χ3n) is 2.07. The molecule has 1 atom stereocenters. The van der Waals surface area contributed by atoms with E-state index in [0.717, 1.165) is 26.2 Å². The van der Waals surface area contributed by atoms with Gasteiger partial charge in [0.1, 0.15) is 0 Å². The lowest BCUT2D eigenvalue weighted by Crippen LogP contribution is -2.54. The summed E-state index contributed by atoms with van der Waals surface area (Å²) >= 11 is 0. The van der Waals surface area contributed by atoms with Crippen molar-refractivity contribution in [2.45, 2.75) is 32.4 Å². The first-order valence-corrected chi connectivity index (χ1v) is 4.85. The van der Waals surface area contributed by atoms with Crippen molar-refractivity contribution in [3.63, 3.8) is 0 Å². The van der Waals surface area contributed by atoms with Crippen LogP contribution < -0.4 is 10.6 Å². The van der Waals surface area contributed by atoms with Gasteiger partial charge >= 0.3 is 0 Å². The molecule has 76 valence electrons. The summed E-state index contributed by atoms with van der Waals surface area (Å²) in [7, 11) is 0. The highest BCUT2D eigenvalue weighted by atomic mass is 16.5. The minimum absolute atomic E-state index is 0.0775. The Labute approximate surface area is 79.0 Å². The van der Waals surface area contributed by atoms with Gasteiger partial charge in [-0.2, -0.15) is 0 Å². The summed E-state index contributed by atoms with van der Waals surface area (Å²) in [6.45, 7) is 6.13. The van der Waals surface area contributed by atoms with Crippen LogP contribution in [-0.2, 0) is 9.53 Å². The van der Waals surface area contributed by atoms with Crippen LogP contribution in [0.25, 0.3) is 0 Å². The Balaban J connectivity index is 2.13. The predicted molar refractivity (Wildman–Crippen MR) is 50.5 cm³/mol. The Morgan fingerprint density at radius 1 is 1.62 bits per heavy atom. The molecule has 4 nitrogen and oxygen atoms in total. The van der Waals surface area contributed by atoms with Crippen LogP contribution in [0.1, 0.15) is 20.3 Å². The molecule has 1 unspecified atom stereocenters. The van der Waals surface area contributed by atoms with Gasteiger partial charge in [-0.1, -0.05) is 6.92 Å². The zero-order valence-corrected chi connectivity index (χ0v) is 8.30. The molecule has 0 radical (unpaired) electrons. The maximum atomic E-state index is 11.4. The van der Waals surface area contributed by atoms with Gasteiger partial charge in [-0.05, 0) is 13.3 Å². The lowest BCUT2D eigenvalue weighted by atomic mass is 10.2. The first kappa shape index (κ1) is 10.5. The number of nitrogens with one attached hydrogen (secondary N) is 2. The van der Waals surface area contributed by atoms with Crippen LogP contribution in [0.2, 0.25) is 0 Å². The molecule has 0 aliphatic carbocycles. The highest BCUT2D eigenvalue weighted by molar-refractivity contribution is 5.81. The molecule has 1 heterocycles. The van der Waals surface area contributed by atoms with Crippen molar-refractivity contribution < 1.29 is 9.53 Å². The number of carbonyl (C=O) groups excluding carboxylic acids is 1. The lowest BCUT2D eigenvalue weighted by molar-refractivity contribution is -0.123. The number of hydrogen-bond donors (Lipinski definition) is 2. The number of rotatable bonds is 5. The topological polar surface area (TPSA) is 50.4 Å². The standard InChI is InChI=1S/C9H18N2O2/c1-3-4-10-9(12)7(2)11-8-5-13-6-8/h7-8,11H,3-6H2,1-2H3,(H,10,12). The Morgan fingerprint density at radius 3 is 2.77 bits per heavy atom. The maximum absolute atomic E-state index is 11.4. The highest BCUT2D eigenvalue weighted by Gasteiger charge is 2.22. The van der Waals surface area contributed by atoms with Crippen molar-refractivity contribution in [3.05, 3.63) is 0 Å². The molecule has 1 saturated heterocycles. The van der Waals surface area contributed by atoms with Crippen LogP contribution in [0.3, 0.4) is 0 Å². The van der Waals surface area contributed by atoms with Gasteiger partial charge in [-0.25, -0.2) is 0 Å². The Hall–Kier alpha value is -0.610. The molecule has 0 bridgehead atoms. The number of amides is 1. The van der Waals surface area contributed by atoms with E-state index in [1.54, 1.807) is 0 Å². The summed E-state index contributed by atoms with van der Waals surface area (Å²) in [6, 6.07) is 0.253. The minimum atomic E-state index is -0.111. The van der Waals surface area contributed by atoms with E-state index in [1.807, 2.05) is 13.8 Å². The molecule has 1 amide bonds. The minimum Gasteiger partial charge on any atom is -0.378 e. The first-order valence-electron chi connectivity index (χ1n) is 4.85. The Bertz CT molecular complexity index is 169. The van der Waals surface area contributed by atoms with Crippen molar-refractivity contribution in [1.82, 2.24) is 10.6 Å². The fourth-order valence-corrected chi connectivity index (χ4v) is 1.16. The molecule has 0 aromatic carbocycles.